The molecule has 12 aromatic rings. The fraction of sp³-hybridized carbons (Fsp3) is 0.0164. The van der Waals surface area contributed by atoms with E-state index in [0.29, 0.717) is 0 Å². The van der Waals surface area contributed by atoms with Gasteiger partial charge in [0, 0.05) is 44.5 Å². The lowest BCUT2D eigenvalue weighted by Crippen LogP contribution is -2.28. The quantitative estimate of drug-likeness (QED) is 0.160. The third-order valence-electron chi connectivity index (χ3n) is 13.3. The third-order valence-corrected chi connectivity index (χ3v) is 13.3. The van der Waals surface area contributed by atoms with Crippen LogP contribution >= 0.6 is 0 Å². The summed E-state index contributed by atoms with van der Waals surface area (Å²) in [5.74, 6) is 0. The van der Waals surface area contributed by atoms with Crippen LogP contribution in [0.1, 0.15) is 22.3 Å². The van der Waals surface area contributed by atoms with Crippen LogP contribution in [0, 0.1) is 0 Å². The SMILES string of the molecule is c1ccc(-c2ccc(N(c3ccc4c(c3)oc3cc5c(cc34)oc3ccc(-c4ccccc4)cc35)c3cccc4c3-c3ccccc3C4(c3ccccc3)c3ccccc3)cc2)cc1. The lowest BCUT2D eigenvalue weighted by atomic mass is 9.68. The van der Waals surface area contributed by atoms with Crippen LogP contribution in [0.2, 0.25) is 0 Å². The van der Waals surface area contributed by atoms with Crippen molar-refractivity contribution in [2.24, 2.45) is 0 Å². The smallest absolute Gasteiger partial charge is 0.137 e. The Morgan fingerprint density at radius 3 is 1.50 bits per heavy atom. The summed E-state index contributed by atoms with van der Waals surface area (Å²) >= 11 is 0. The molecular formula is C61H39NO2. The van der Waals surface area contributed by atoms with Crippen LogP contribution < -0.4 is 4.90 Å². The molecule has 3 heteroatoms. The molecule has 0 bridgehead atoms. The van der Waals surface area contributed by atoms with Gasteiger partial charge in [0.25, 0.3) is 0 Å². The summed E-state index contributed by atoms with van der Waals surface area (Å²) in [6, 6.07) is 85.2. The van der Waals surface area contributed by atoms with E-state index >= 15 is 0 Å². The van der Waals surface area contributed by atoms with Gasteiger partial charge in [-0.2, -0.15) is 0 Å². The molecule has 3 nitrogen and oxygen atoms in total. The van der Waals surface area contributed by atoms with Gasteiger partial charge in [0.05, 0.1) is 11.1 Å². The van der Waals surface area contributed by atoms with Crippen molar-refractivity contribution in [1.82, 2.24) is 0 Å². The Morgan fingerprint density at radius 1 is 0.312 bits per heavy atom. The van der Waals surface area contributed by atoms with Crippen LogP contribution in [0.5, 0.6) is 0 Å². The second kappa shape index (κ2) is 14.3. The van der Waals surface area contributed by atoms with Gasteiger partial charge in [-0.25, -0.2) is 0 Å². The predicted octanol–water partition coefficient (Wildman–Crippen LogP) is 16.7. The molecule has 0 N–H and O–H groups in total. The zero-order chi connectivity index (χ0) is 42.2. The number of rotatable bonds is 7. The molecule has 0 saturated heterocycles. The van der Waals surface area contributed by atoms with E-state index in [1.165, 1.54) is 50.1 Å². The van der Waals surface area contributed by atoms with Crippen molar-refractivity contribution in [2.75, 3.05) is 4.90 Å². The van der Waals surface area contributed by atoms with Crippen LogP contribution in [-0.4, -0.2) is 0 Å². The van der Waals surface area contributed by atoms with Crippen LogP contribution in [0.25, 0.3) is 77.3 Å². The summed E-state index contributed by atoms with van der Waals surface area (Å²) in [6.45, 7) is 0. The molecule has 0 unspecified atom stereocenters. The highest BCUT2D eigenvalue weighted by atomic mass is 16.3. The second-order valence-electron chi connectivity index (χ2n) is 16.8. The van der Waals surface area contributed by atoms with Crippen molar-refractivity contribution >= 4 is 60.9 Å². The molecule has 0 saturated carbocycles. The van der Waals surface area contributed by atoms with Gasteiger partial charge < -0.3 is 13.7 Å². The molecule has 0 amide bonds. The standard InChI is InChI=1S/C61H39NO2/c1-5-16-40(17-6-1)42-28-31-46(32-29-42)62(55-27-15-26-54-60(55)49-24-13-14-25-53(49)61(54,44-20-9-3-10-21-44)45-22-11-4-12-23-45)47-33-34-48-51-38-59-52(39-58(51)64-57(48)37-47)50-36-43(30-35-56(50)63-59)41-18-7-2-8-19-41/h1-39H. The molecular weight excluding hydrogens is 779 g/mol. The lowest BCUT2D eigenvalue weighted by Gasteiger charge is -2.34. The van der Waals surface area contributed by atoms with Gasteiger partial charge in [-0.15, -0.1) is 0 Å². The average Bonchev–Trinajstić information content (AvgIpc) is 4.02. The van der Waals surface area contributed by atoms with Crippen LogP contribution in [0.3, 0.4) is 0 Å². The van der Waals surface area contributed by atoms with E-state index in [9.17, 15) is 0 Å². The van der Waals surface area contributed by atoms with E-state index in [2.05, 4.69) is 235 Å². The fourth-order valence-electron chi connectivity index (χ4n) is 10.5. The van der Waals surface area contributed by atoms with Crippen molar-refractivity contribution in [2.45, 2.75) is 5.41 Å². The van der Waals surface area contributed by atoms with Crippen LogP contribution in [0.15, 0.2) is 245 Å². The zero-order valence-electron chi connectivity index (χ0n) is 34.8. The Bertz CT molecular complexity index is 3660. The number of benzene rings is 10. The van der Waals surface area contributed by atoms with E-state index in [1.54, 1.807) is 0 Å². The Kier molecular flexibility index (Phi) is 8.13. The van der Waals surface area contributed by atoms with Gasteiger partial charge in [0.15, 0.2) is 0 Å². The minimum Gasteiger partial charge on any atom is -0.456 e. The molecule has 0 atom stereocenters. The normalized spacial score (nSPS) is 12.8. The van der Waals surface area contributed by atoms with E-state index in [4.69, 9.17) is 8.83 Å². The molecule has 64 heavy (non-hydrogen) atoms. The molecule has 0 spiro atoms. The van der Waals surface area contributed by atoms with E-state index in [-0.39, 0.29) is 0 Å². The molecule has 1 aliphatic rings. The summed E-state index contributed by atoms with van der Waals surface area (Å²) in [7, 11) is 0. The second-order valence-corrected chi connectivity index (χ2v) is 16.8. The highest BCUT2D eigenvalue weighted by Gasteiger charge is 2.47. The molecule has 2 heterocycles. The Morgan fingerprint density at radius 2 is 0.812 bits per heavy atom. The molecule has 300 valence electrons. The maximum atomic E-state index is 6.86. The van der Waals surface area contributed by atoms with Crippen LogP contribution in [0.4, 0.5) is 17.1 Å². The molecule has 10 aromatic carbocycles. The minimum atomic E-state index is -0.529. The van der Waals surface area contributed by atoms with Crippen molar-refractivity contribution in [1.29, 1.82) is 0 Å². The summed E-state index contributed by atoms with van der Waals surface area (Å²) in [5, 5.41) is 4.18. The predicted molar refractivity (Wildman–Crippen MR) is 264 cm³/mol. The number of hydrogen-bond donors (Lipinski definition) is 0. The molecule has 0 radical (unpaired) electrons. The topological polar surface area (TPSA) is 29.5 Å². The van der Waals surface area contributed by atoms with E-state index < -0.39 is 5.41 Å². The van der Waals surface area contributed by atoms with Gasteiger partial charge in [-0.3, -0.25) is 0 Å². The van der Waals surface area contributed by atoms with Gasteiger partial charge in [-0.05, 0) is 105 Å². The first-order chi connectivity index (χ1) is 31.7. The van der Waals surface area contributed by atoms with Crippen LogP contribution in [-0.2, 0) is 5.41 Å². The van der Waals surface area contributed by atoms with E-state index in [0.717, 1.165) is 66.5 Å². The summed E-state index contributed by atoms with van der Waals surface area (Å²) in [4.78, 5) is 2.41. The molecule has 0 aliphatic heterocycles. The molecule has 1 aliphatic carbocycles. The van der Waals surface area contributed by atoms with Gasteiger partial charge in [0.1, 0.15) is 22.3 Å². The number of nitrogens with zero attached hydrogens (tertiary/aromatic N) is 1. The fourth-order valence-corrected chi connectivity index (χ4v) is 10.5. The number of furan rings is 2. The largest absolute Gasteiger partial charge is 0.456 e. The number of hydrogen-bond acceptors (Lipinski definition) is 3. The summed E-state index contributed by atoms with van der Waals surface area (Å²) in [6.07, 6.45) is 0. The Hall–Kier alpha value is -8.40. The summed E-state index contributed by atoms with van der Waals surface area (Å²) < 4.78 is 13.4. The van der Waals surface area contributed by atoms with Gasteiger partial charge in [0.2, 0.25) is 0 Å². The first kappa shape index (κ1) is 36.3. The van der Waals surface area contributed by atoms with Crippen molar-refractivity contribution in [3.63, 3.8) is 0 Å². The monoisotopic (exact) mass is 817 g/mol. The Labute approximate surface area is 370 Å². The highest BCUT2D eigenvalue weighted by Crippen LogP contribution is 2.59. The highest BCUT2D eigenvalue weighted by molar-refractivity contribution is 6.15. The first-order valence-corrected chi connectivity index (χ1v) is 21.9. The molecule has 0 fully saturated rings. The maximum Gasteiger partial charge on any atom is 0.137 e. The van der Waals surface area contributed by atoms with Crippen molar-refractivity contribution in [3.8, 4) is 33.4 Å². The Balaban J connectivity index is 1.02. The molecule has 2 aromatic heterocycles. The number of fused-ring (bicyclic) bond motifs is 9. The minimum absolute atomic E-state index is 0.529. The molecule has 13 rings (SSSR count). The number of anilines is 3. The van der Waals surface area contributed by atoms with Gasteiger partial charge >= 0.3 is 0 Å². The van der Waals surface area contributed by atoms with Gasteiger partial charge in [-0.1, -0.05) is 176 Å². The third kappa shape index (κ3) is 5.47. The average molecular weight is 818 g/mol. The summed E-state index contributed by atoms with van der Waals surface area (Å²) in [5.41, 5.74) is 18.1. The first-order valence-electron chi connectivity index (χ1n) is 21.9. The van der Waals surface area contributed by atoms with Crippen molar-refractivity contribution < 1.29 is 8.83 Å². The van der Waals surface area contributed by atoms with Crippen molar-refractivity contribution in [3.05, 3.63) is 259 Å². The zero-order valence-corrected chi connectivity index (χ0v) is 34.8. The lowest BCUT2D eigenvalue weighted by molar-refractivity contribution is 0.664. The maximum absolute atomic E-state index is 6.86. The van der Waals surface area contributed by atoms with E-state index in [1.807, 2.05) is 6.07 Å².